The summed E-state index contributed by atoms with van der Waals surface area (Å²) in [4.78, 5) is 14.1. The van der Waals surface area contributed by atoms with E-state index in [2.05, 4.69) is 30.1 Å². The van der Waals surface area contributed by atoms with Crippen molar-refractivity contribution in [3.05, 3.63) is 93.3 Å². The molecule has 7 heteroatoms. The Morgan fingerprint density at radius 1 is 1.00 bits per heavy atom. The minimum absolute atomic E-state index is 0.0935. The highest BCUT2D eigenvalue weighted by molar-refractivity contribution is 7.98. The number of aryl methyl sites for hydroxylation is 2. The van der Waals surface area contributed by atoms with Crippen molar-refractivity contribution in [3.63, 3.8) is 0 Å². The van der Waals surface area contributed by atoms with Gasteiger partial charge in [-0.1, -0.05) is 35.9 Å². The molecule has 0 bridgehead atoms. The molecular formula is C26H22ClN3O2S. The minimum Gasteiger partial charge on any atom is -0.436 e. The van der Waals surface area contributed by atoms with E-state index in [1.54, 1.807) is 18.0 Å². The number of ether oxygens (including phenoxy) is 1. The Morgan fingerprint density at radius 2 is 1.79 bits per heavy atom. The lowest BCUT2D eigenvalue weighted by atomic mass is 9.99. The lowest BCUT2D eigenvalue weighted by Crippen LogP contribution is -2.13. The number of aliphatic hydroxyl groups is 1. The monoisotopic (exact) mass is 475 g/mol. The number of hydrogen-bond acceptors (Lipinski definition) is 6. The number of hydrogen-bond donors (Lipinski definition) is 1. The lowest BCUT2D eigenvalue weighted by Gasteiger charge is -2.24. The summed E-state index contributed by atoms with van der Waals surface area (Å²) in [6.07, 6.45) is 2.30. The van der Waals surface area contributed by atoms with Gasteiger partial charge in [-0.05, 0) is 49.2 Å². The second-order valence-corrected chi connectivity index (χ2v) is 9.37. The molecule has 2 aromatic carbocycles. The van der Waals surface area contributed by atoms with E-state index in [0.717, 1.165) is 38.7 Å². The van der Waals surface area contributed by atoms with Crippen molar-refractivity contribution in [1.29, 1.82) is 0 Å². The fraction of sp³-hybridized carbons (Fsp3) is 0.192. The molecule has 1 aliphatic heterocycles. The molecule has 1 N–H and O–H groups in total. The number of fused-ring (bicyclic) bond motifs is 2. The maximum absolute atomic E-state index is 9.86. The fourth-order valence-electron chi connectivity index (χ4n) is 3.86. The predicted octanol–water partition coefficient (Wildman–Crippen LogP) is 6.29. The van der Waals surface area contributed by atoms with Gasteiger partial charge in [-0.25, -0.2) is 4.98 Å². The van der Waals surface area contributed by atoms with Crippen molar-refractivity contribution < 1.29 is 9.84 Å². The summed E-state index contributed by atoms with van der Waals surface area (Å²) in [6, 6.07) is 15.8. The molecule has 0 aliphatic carbocycles. The van der Waals surface area contributed by atoms with Crippen LogP contribution in [0.15, 0.2) is 59.8 Å². The zero-order valence-corrected chi connectivity index (χ0v) is 19.9. The molecule has 0 unspecified atom stereocenters. The Labute approximate surface area is 201 Å². The van der Waals surface area contributed by atoms with Crippen molar-refractivity contribution in [3.8, 4) is 23.0 Å². The molecule has 33 heavy (non-hydrogen) atoms. The first-order chi connectivity index (χ1) is 16.0. The molecule has 0 amide bonds. The quantitative estimate of drug-likeness (QED) is 0.238. The number of pyridine rings is 1. The highest BCUT2D eigenvalue weighted by Gasteiger charge is 2.27. The van der Waals surface area contributed by atoms with Gasteiger partial charge in [0.25, 0.3) is 0 Å². The van der Waals surface area contributed by atoms with Crippen LogP contribution in [0.1, 0.15) is 33.5 Å². The topological polar surface area (TPSA) is 68.1 Å². The first kappa shape index (κ1) is 21.9. The van der Waals surface area contributed by atoms with Gasteiger partial charge in [-0.3, -0.25) is 4.98 Å². The molecule has 0 saturated carbocycles. The summed E-state index contributed by atoms with van der Waals surface area (Å²) < 4.78 is 6.29. The summed E-state index contributed by atoms with van der Waals surface area (Å²) >= 11 is 7.75. The van der Waals surface area contributed by atoms with Crippen molar-refractivity contribution in [2.75, 3.05) is 0 Å². The van der Waals surface area contributed by atoms with E-state index in [4.69, 9.17) is 26.3 Å². The van der Waals surface area contributed by atoms with Gasteiger partial charge in [0.15, 0.2) is 11.6 Å². The number of aliphatic hydroxyl groups excluding tert-OH is 1. The number of nitrogens with zero attached hydrogens (tertiary/aromatic N) is 3. The van der Waals surface area contributed by atoms with E-state index in [1.807, 2.05) is 37.3 Å². The molecule has 3 heterocycles. The zero-order valence-electron chi connectivity index (χ0n) is 18.3. The maximum atomic E-state index is 9.86. The molecule has 0 spiro atoms. The summed E-state index contributed by atoms with van der Waals surface area (Å²) in [6.45, 7) is 3.93. The molecule has 2 aromatic heterocycles. The molecule has 166 valence electrons. The van der Waals surface area contributed by atoms with Crippen molar-refractivity contribution in [2.24, 2.45) is 0 Å². The summed E-state index contributed by atoms with van der Waals surface area (Å²) in [5.74, 6) is 2.58. The van der Waals surface area contributed by atoms with Gasteiger partial charge in [0.05, 0.1) is 17.9 Å². The Kier molecular flexibility index (Phi) is 6.06. The lowest BCUT2D eigenvalue weighted by molar-refractivity contribution is 0.278. The molecule has 0 fully saturated rings. The zero-order chi connectivity index (χ0) is 22.9. The van der Waals surface area contributed by atoms with Gasteiger partial charge in [0.1, 0.15) is 5.03 Å². The first-order valence-electron chi connectivity index (χ1n) is 10.6. The van der Waals surface area contributed by atoms with Gasteiger partial charge in [0, 0.05) is 40.1 Å². The molecule has 0 atom stereocenters. The van der Waals surface area contributed by atoms with Crippen LogP contribution in [0.5, 0.6) is 11.6 Å². The number of halogens is 1. The number of rotatable bonds is 5. The van der Waals surface area contributed by atoms with Crippen LogP contribution in [-0.4, -0.2) is 20.1 Å². The van der Waals surface area contributed by atoms with E-state index in [0.29, 0.717) is 28.9 Å². The van der Waals surface area contributed by atoms with E-state index in [9.17, 15) is 5.11 Å². The largest absolute Gasteiger partial charge is 0.436 e. The van der Waals surface area contributed by atoms with Crippen LogP contribution in [0.25, 0.3) is 11.4 Å². The fourth-order valence-corrected chi connectivity index (χ4v) is 5.09. The van der Waals surface area contributed by atoms with Crippen LogP contribution in [0.4, 0.5) is 0 Å². The maximum Gasteiger partial charge on any atom is 0.227 e. The smallest absolute Gasteiger partial charge is 0.227 e. The Morgan fingerprint density at radius 3 is 2.55 bits per heavy atom. The summed E-state index contributed by atoms with van der Waals surface area (Å²) in [5.41, 5.74) is 6.78. The second kappa shape index (κ2) is 9.14. The first-order valence-corrected chi connectivity index (χ1v) is 12.0. The van der Waals surface area contributed by atoms with Crippen LogP contribution >= 0.6 is 23.4 Å². The highest BCUT2D eigenvalue weighted by atomic mass is 35.5. The third kappa shape index (κ3) is 4.34. The van der Waals surface area contributed by atoms with E-state index in [1.165, 1.54) is 11.1 Å². The van der Waals surface area contributed by atoms with Gasteiger partial charge >= 0.3 is 0 Å². The van der Waals surface area contributed by atoms with E-state index < -0.39 is 0 Å². The summed E-state index contributed by atoms with van der Waals surface area (Å²) in [5, 5.41) is 11.4. The normalized spacial score (nSPS) is 12.1. The predicted molar refractivity (Wildman–Crippen MR) is 131 cm³/mol. The van der Waals surface area contributed by atoms with E-state index in [-0.39, 0.29) is 6.61 Å². The molecular weight excluding hydrogens is 454 g/mol. The number of thioether (sulfide) groups is 1. The molecule has 1 aliphatic rings. The van der Waals surface area contributed by atoms with Crippen LogP contribution in [0.3, 0.4) is 0 Å². The molecule has 0 saturated heterocycles. The van der Waals surface area contributed by atoms with Crippen molar-refractivity contribution in [1.82, 2.24) is 15.0 Å². The Balaban J connectivity index is 1.60. The van der Waals surface area contributed by atoms with E-state index >= 15 is 0 Å². The molecule has 5 rings (SSSR count). The molecule has 4 aromatic rings. The average molecular weight is 476 g/mol. The molecule has 5 nitrogen and oxygen atoms in total. The number of benzene rings is 2. The van der Waals surface area contributed by atoms with Gasteiger partial charge < -0.3 is 9.84 Å². The van der Waals surface area contributed by atoms with Gasteiger partial charge in [0.2, 0.25) is 5.88 Å². The third-order valence-corrected chi connectivity index (χ3v) is 7.10. The standard InChI is InChI=1S/C26H22ClN3O2S/c1-15-5-3-4-6-18(15)14-33-26-22-11-21-19(13-31)12-28-16(2)23(21)32-25(22)29-24(30-26)17-7-9-20(27)10-8-17/h3-10,12,31H,11,13-14H2,1-2H3. The highest BCUT2D eigenvalue weighted by Crippen LogP contribution is 2.43. The average Bonchev–Trinajstić information content (AvgIpc) is 2.83. The summed E-state index contributed by atoms with van der Waals surface area (Å²) in [7, 11) is 0. The van der Waals surface area contributed by atoms with Crippen molar-refractivity contribution in [2.45, 2.75) is 37.7 Å². The molecule has 0 radical (unpaired) electrons. The minimum atomic E-state index is -0.0935. The van der Waals surface area contributed by atoms with Crippen LogP contribution in [0, 0.1) is 13.8 Å². The van der Waals surface area contributed by atoms with Gasteiger partial charge in [-0.2, -0.15) is 4.98 Å². The van der Waals surface area contributed by atoms with Crippen molar-refractivity contribution >= 4 is 23.4 Å². The van der Waals surface area contributed by atoms with Crippen LogP contribution < -0.4 is 4.74 Å². The third-order valence-electron chi connectivity index (χ3n) is 5.79. The van der Waals surface area contributed by atoms with Gasteiger partial charge in [-0.15, -0.1) is 11.8 Å². The number of aromatic nitrogens is 3. The Hall–Kier alpha value is -2.93. The SMILES string of the molecule is Cc1ccccc1CSc1nc(-c2ccc(Cl)cc2)nc2c1Cc1c(CO)cnc(C)c1O2. The van der Waals surface area contributed by atoms with Crippen LogP contribution in [-0.2, 0) is 18.8 Å². The second-order valence-electron chi connectivity index (χ2n) is 7.97. The Bertz CT molecular complexity index is 1340. The van der Waals surface area contributed by atoms with Crippen LogP contribution in [0.2, 0.25) is 5.02 Å².